The summed E-state index contributed by atoms with van der Waals surface area (Å²) >= 11 is 0. The Morgan fingerprint density at radius 2 is 2.07 bits per heavy atom. The Morgan fingerprint density at radius 1 is 1.34 bits per heavy atom. The molecule has 7 nitrogen and oxygen atoms in total. The Hall–Kier alpha value is -2.67. The van der Waals surface area contributed by atoms with Crippen molar-refractivity contribution in [3.63, 3.8) is 0 Å². The topological polar surface area (TPSA) is 99.1 Å². The lowest BCUT2D eigenvalue weighted by Gasteiger charge is -2.28. The van der Waals surface area contributed by atoms with Crippen LogP contribution < -0.4 is 0 Å². The highest BCUT2D eigenvalue weighted by molar-refractivity contribution is 5.92. The van der Waals surface area contributed by atoms with Crippen molar-refractivity contribution in [2.45, 2.75) is 38.9 Å². The molecule has 2 aliphatic carbocycles. The molecule has 0 radical (unpaired) electrons. The summed E-state index contributed by atoms with van der Waals surface area (Å²) in [5.41, 5.74) is 2.39. The number of rotatable bonds is 5. The van der Waals surface area contributed by atoms with Crippen LogP contribution in [0.15, 0.2) is 47.6 Å². The van der Waals surface area contributed by atoms with Crippen molar-refractivity contribution in [1.82, 2.24) is 0 Å². The first-order valence-electron chi connectivity index (χ1n) is 9.62. The number of ether oxygens (including phenoxy) is 3. The third kappa shape index (κ3) is 4.05. The molecule has 1 aliphatic heterocycles. The summed E-state index contributed by atoms with van der Waals surface area (Å²) in [5, 5.41) is 9.19. The Morgan fingerprint density at radius 3 is 2.72 bits per heavy atom. The number of carbonyl (C=O) groups is 3. The predicted molar refractivity (Wildman–Crippen MR) is 103 cm³/mol. The minimum atomic E-state index is -0.719. The fraction of sp³-hybridized carbons (Fsp3) is 0.500. The summed E-state index contributed by atoms with van der Waals surface area (Å²) in [5.74, 6) is -2.11. The molecule has 29 heavy (non-hydrogen) atoms. The van der Waals surface area contributed by atoms with Crippen LogP contribution in [0.1, 0.15) is 26.7 Å². The van der Waals surface area contributed by atoms with Crippen molar-refractivity contribution in [2.75, 3.05) is 13.2 Å². The molecule has 5 unspecified atom stereocenters. The van der Waals surface area contributed by atoms with Crippen molar-refractivity contribution in [2.24, 2.45) is 17.8 Å². The van der Waals surface area contributed by atoms with Crippen molar-refractivity contribution >= 4 is 17.9 Å². The van der Waals surface area contributed by atoms with Crippen molar-refractivity contribution in [1.29, 1.82) is 0 Å². The van der Waals surface area contributed by atoms with Gasteiger partial charge in [-0.3, -0.25) is 4.79 Å². The molecule has 7 heteroatoms. The number of carbonyl (C=O) groups excluding carboxylic acids is 3. The van der Waals surface area contributed by atoms with Crippen LogP contribution >= 0.6 is 0 Å². The SMILES string of the molecule is C=C1CC(OC(=O)C(=CCO)COC(C)=O)C2C(=C)C(=O)OC2C2C(C)=CCC12. The lowest BCUT2D eigenvalue weighted by atomic mass is 9.80. The van der Waals surface area contributed by atoms with Gasteiger partial charge in [0.25, 0.3) is 0 Å². The highest BCUT2D eigenvalue weighted by Crippen LogP contribution is 2.51. The molecular formula is C22H26O7. The second-order valence-corrected chi connectivity index (χ2v) is 7.74. The zero-order chi connectivity index (χ0) is 21.3. The highest BCUT2D eigenvalue weighted by atomic mass is 16.6. The van der Waals surface area contributed by atoms with Crippen LogP contribution in [0.3, 0.4) is 0 Å². The van der Waals surface area contributed by atoms with Gasteiger partial charge in [-0.2, -0.15) is 0 Å². The first kappa shape index (κ1) is 21.0. The number of fused-ring (bicyclic) bond motifs is 3. The van der Waals surface area contributed by atoms with Crippen LogP contribution in [-0.4, -0.2) is 48.4 Å². The first-order valence-corrected chi connectivity index (χ1v) is 9.62. The summed E-state index contributed by atoms with van der Waals surface area (Å²) in [6.45, 7) is 10.6. The van der Waals surface area contributed by atoms with Crippen LogP contribution in [0.2, 0.25) is 0 Å². The molecule has 0 bridgehead atoms. The molecule has 156 valence electrons. The molecule has 1 saturated carbocycles. The third-order valence-electron chi connectivity index (χ3n) is 5.95. The normalized spacial score (nSPS) is 31.4. The molecule has 0 spiro atoms. The fourth-order valence-corrected chi connectivity index (χ4v) is 4.52. The smallest absolute Gasteiger partial charge is 0.337 e. The van der Waals surface area contributed by atoms with Crippen molar-refractivity contribution < 1.29 is 33.7 Å². The standard InChI is InChI=1S/C22H26O7/c1-11-5-6-16-12(2)9-17(19-13(3)21(25)29-20(19)18(11)16)28-22(26)15(7-8-23)10-27-14(4)24/h5,7,16-20,23H,2-3,6,8-10H2,1,4H3. The maximum Gasteiger partial charge on any atom is 0.337 e. The van der Waals surface area contributed by atoms with E-state index in [2.05, 4.69) is 19.2 Å². The van der Waals surface area contributed by atoms with Gasteiger partial charge in [0, 0.05) is 24.8 Å². The van der Waals surface area contributed by atoms with E-state index in [1.165, 1.54) is 13.0 Å². The zero-order valence-corrected chi connectivity index (χ0v) is 16.7. The van der Waals surface area contributed by atoms with E-state index >= 15 is 0 Å². The van der Waals surface area contributed by atoms with Crippen LogP contribution in [0.4, 0.5) is 0 Å². The fourth-order valence-electron chi connectivity index (χ4n) is 4.52. The second-order valence-electron chi connectivity index (χ2n) is 7.74. The Balaban J connectivity index is 1.86. The van der Waals surface area contributed by atoms with E-state index in [1.807, 2.05) is 6.92 Å². The molecule has 3 aliphatic rings. The highest BCUT2D eigenvalue weighted by Gasteiger charge is 2.54. The van der Waals surface area contributed by atoms with E-state index < -0.39 is 42.6 Å². The lowest BCUT2D eigenvalue weighted by Crippen LogP contribution is -2.36. The van der Waals surface area contributed by atoms with Gasteiger partial charge >= 0.3 is 17.9 Å². The molecule has 0 aromatic heterocycles. The van der Waals surface area contributed by atoms with Gasteiger partial charge in [0.05, 0.1) is 18.1 Å². The van der Waals surface area contributed by atoms with Gasteiger partial charge in [0.15, 0.2) is 0 Å². The maximum absolute atomic E-state index is 12.7. The van der Waals surface area contributed by atoms with Crippen LogP contribution in [0, 0.1) is 17.8 Å². The minimum absolute atomic E-state index is 0.00657. The molecule has 0 aromatic carbocycles. The average molecular weight is 402 g/mol. The Bertz CT molecular complexity index is 819. The number of allylic oxidation sites excluding steroid dienone is 1. The Kier molecular flexibility index (Phi) is 6.07. The third-order valence-corrected chi connectivity index (χ3v) is 5.95. The minimum Gasteiger partial charge on any atom is -0.461 e. The molecule has 3 rings (SSSR count). The van der Waals surface area contributed by atoms with E-state index in [-0.39, 0.29) is 29.6 Å². The van der Waals surface area contributed by atoms with E-state index in [4.69, 9.17) is 14.2 Å². The summed E-state index contributed by atoms with van der Waals surface area (Å²) < 4.78 is 16.3. The van der Waals surface area contributed by atoms with E-state index in [9.17, 15) is 19.5 Å². The van der Waals surface area contributed by atoms with Gasteiger partial charge in [0.2, 0.25) is 0 Å². The van der Waals surface area contributed by atoms with Crippen molar-refractivity contribution in [3.8, 4) is 0 Å². The summed E-state index contributed by atoms with van der Waals surface area (Å²) in [6.07, 6.45) is 3.42. The van der Waals surface area contributed by atoms with Gasteiger partial charge in [0.1, 0.15) is 18.8 Å². The van der Waals surface area contributed by atoms with E-state index in [0.29, 0.717) is 6.42 Å². The van der Waals surface area contributed by atoms with Crippen LogP contribution in [0.25, 0.3) is 0 Å². The first-order chi connectivity index (χ1) is 13.7. The number of hydrogen-bond donors (Lipinski definition) is 1. The van der Waals surface area contributed by atoms with Crippen LogP contribution in [-0.2, 0) is 28.6 Å². The maximum atomic E-state index is 12.7. The van der Waals surface area contributed by atoms with Gasteiger partial charge in [-0.25, -0.2) is 9.59 Å². The second kappa shape index (κ2) is 8.37. The lowest BCUT2D eigenvalue weighted by molar-refractivity contribution is -0.149. The van der Waals surface area contributed by atoms with E-state index in [0.717, 1.165) is 17.6 Å². The number of aliphatic hydroxyl groups excluding tert-OH is 1. The van der Waals surface area contributed by atoms with E-state index in [1.54, 1.807) is 0 Å². The summed E-state index contributed by atoms with van der Waals surface area (Å²) in [4.78, 5) is 36.1. The van der Waals surface area contributed by atoms with Gasteiger partial charge in [-0.05, 0) is 25.3 Å². The van der Waals surface area contributed by atoms with Gasteiger partial charge in [-0.1, -0.05) is 30.4 Å². The largest absolute Gasteiger partial charge is 0.461 e. The van der Waals surface area contributed by atoms with Gasteiger partial charge in [-0.15, -0.1) is 0 Å². The number of esters is 3. The van der Waals surface area contributed by atoms with Gasteiger partial charge < -0.3 is 19.3 Å². The molecule has 0 amide bonds. The summed E-state index contributed by atoms with van der Waals surface area (Å²) in [7, 11) is 0. The average Bonchev–Trinajstić information content (AvgIpc) is 3.14. The number of aliphatic hydroxyl groups is 1. The van der Waals surface area contributed by atoms with Crippen LogP contribution in [0.5, 0.6) is 0 Å². The quantitative estimate of drug-likeness (QED) is 0.325. The molecule has 2 fully saturated rings. The molecule has 5 atom stereocenters. The molecule has 1 heterocycles. The Labute approximate surface area is 169 Å². The summed E-state index contributed by atoms with van der Waals surface area (Å²) in [6, 6.07) is 0. The monoisotopic (exact) mass is 402 g/mol. The zero-order valence-electron chi connectivity index (χ0n) is 16.7. The molecule has 0 aromatic rings. The molecular weight excluding hydrogens is 376 g/mol. The predicted octanol–water partition coefficient (Wildman–Crippen LogP) is 2.02. The molecule has 1 N–H and O–H groups in total. The van der Waals surface area contributed by atoms with Crippen molar-refractivity contribution in [3.05, 3.63) is 47.6 Å². The number of hydrogen-bond acceptors (Lipinski definition) is 7. The molecule has 1 saturated heterocycles.